The molecule has 1 aromatic carbocycles. The van der Waals surface area contributed by atoms with Crippen molar-refractivity contribution < 1.29 is 4.79 Å². The zero-order valence-electron chi connectivity index (χ0n) is 14.3. The van der Waals surface area contributed by atoms with E-state index in [9.17, 15) is 9.59 Å². The lowest BCUT2D eigenvalue weighted by atomic mass is 10.2. The van der Waals surface area contributed by atoms with E-state index < -0.39 is 0 Å². The number of allylic oxidation sites excluding steroid dienone is 1. The van der Waals surface area contributed by atoms with Gasteiger partial charge < -0.3 is 5.32 Å². The van der Waals surface area contributed by atoms with Crippen LogP contribution in [0.2, 0.25) is 0 Å². The molecule has 0 aliphatic carbocycles. The second-order valence-electron chi connectivity index (χ2n) is 6.02. The van der Waals surface area contributed by atoms with Gasteiger partial charge in [0.05, 0.1) is 16.2 Å². The van der Waals surface area contributed by atoms with E-state index in [1.165, 1.54) is 11.8 Å². The van der Waals surface area contributed by atoms with Crippen molar-refractivity contribution in [2.24, 2.45) is 5.92 Å². The first-order valence-corrected chi connectivity index (χ1v) is 8.86. The average Bonchev–Trinajstić information content (AvgIpc) is 2.56. The van der Waals surface area contributed by atoms with Crippen LogP contribution >= 0.6 is 11.8 Å². The molecule has 0 saturated heterocycles. The van der Waals surface area contributed by atoms with Gasteiger partial charge in [0, 0.05) is 13.1 Å². The molecule has 0 spiro atoms. The number of nitrogens with zero attached hydrogens (tertiary/aromatic N) is 2. The Morgan fingerprint density at radius 2 is 2.08 bits per heavy atom. The lowest BCUT2D eigenvalue weighted by molar-refractivity contribution is -0.120. The number of benzene rings is 1. The summed E-state index contributed by atoms with van der Waals surface area (Å²) in [5, 5.41) is 3.67. The molecular weight excluding hydrogens is 322 g/mol. The SMILES string of the molecule is C=CCn1c(S[C@@H](C)C(=O)NCC(C)C)nc2ccccc2c1=O. The second kappa shape index (κ2) is 8.15. The molecule has 0 aliphatic heterocycles. The summed E-state index contributed by atoms with van der Waals surface area (Å²) in [5.74, 6) is 0.338. The number of thioether (sulfide) groups is 1. The highest BCUT2D eigenvalue weighted by Crippen LogP contribution is 2.22. The van der Waals surface area contributed by atoms with Crippen LogP contribution in [0.5, 0.6) is 0 Å². The maximum absolute atomic E-state index is 12.7. The van der Waals surface area contributed by atoms with E-state index in [1.54, 1.807) is 16.7 Å². The number of amides is 1. The standard InChI is InChI=1S/C18H23N3O2S/c1-5-10-21-17(23)14-8-6-7-9-15(14)20-18(21)24-13(4)16(22)19-11-12(2)3/h5-9,12-13H,1,10-11H2,2-4H3,(H,19,22)/t13-/m0/s1. The molecule has 0 saturated carbocycles. The second-order valence-corrected chi connectivity index (χ2v) is 7.32. The van der Waals surface area contributed by atoms with Crippen LogP contribution in [0.4, 0.5) is 0 Å². The summed E-state index contributed by atoms with van der Waals surface area (Å²) >= 11 is 1.29. The van der Waals surface area contributed by atoms with Crippen LogP contribution in [-0.4, -0.2) is 27.3 Å². The third-order valence-electron chi connectivity index (χ3n) is 3.47. The number of carbonyl (C=O) groups excluding carboxylic acids is 1. The van der Waals surface area contributed by atoms with Crippen LogP contribution in [-0.2, 0) is 11.3 Å². The largest absolute Gasteiger partial charge is 0.355 e. The number of fused-ring (bicyclic) bond motifs is 1. The van der Waals surface area contributed by atoms with Gasteiger partial charge >= 0.3 is 0 Å². The average molecular weight is 345 g/mol. The smallest absolute Gasteiger partial charge is 0.262 e. The number of para-hydroxylation sites is 1. The number of hydrogen-bond donors (Lipinski definition) is 1. The van der Waals surface area contributed by atoms with Gasteiger partial charge in [-0.3, -0.25) is 14.2 Å². The first kappa shape index (κ1) is 18.3. The molecule has 0 unspecified atom stereocenters. The molecule has 1 aromatic heterocycles. The lowest BCUT2D eigenvalue weighted by Crippen LogP contribution is -2.34. The molecule has 24 heavy (non-hydrogen) atoms. The number of nitrogens with one attached hydrogen (secondary N) is 1. The van der Waals surface area contributed by atoms with Gasteiger partial charge in [-0.05, 0) is 25.0 Å². The Kier molecular flexibility index (Phi) is 6.20. The molecule has 0 aliphatic rings. The van der Waals surface area contributed by atoms with Crippen LogP contribution < -0.4 is 10.9 Å². The first-order valence-electron chi connectivity index (χ1n) is 7.99. The molecule has 128 valence electrons. The van der Waals surface area contributed by atoms with Gasteiger partial charge in [0.15, 0.2) is 5.16 Å². The predicted molar refractivity (Wildman–Crippen MR) is 99.4 cm³/mol. The summed E-state index contributed by atoms with van der Waals surface area (Å²) in [7, 11) is 0. The van der Waals surface area contributed by atoms with Crippen LogP contribution in [0.15, 0.2) is 46.9 Å². The van der Waals surface area contributed by atoms with Crippen molar-refractivity contribution in [1.82, 2.24) is 14.9 Å². The van der Waals surface area contributed by atoms with E-state index in [0.29, 0.717) is 35.1 Å². The number of rotatable bonds is 7. The molecule has 2 rings (SSSR count). The number of aromatic nitrogens is 2. The number of hydrogen-bond acceptors (Lipinski definition) is 4. The third-order valence-corrected chi connectivity index (χ3v) is 4.56. The Hall–Kier alpha value is -2.08. The van der Waals surface area contributed by atoms with Gasteiger partial charge in [-0.1, -0.05) is 43.8 Å². The lowest BCUT2D eigenvalue weighted by Gasteiger charge is -2.16. The minimum absolute atomic E-state index is 0.0544. The van der Waals surface area contributed by atoms with Crippen molar-refractivity contribution in [2.45, 2.75) is 37.7 Å². The van der Waals surface area contributed by atoms with Gasteiger partial charge in [-0.15, -0.1) is 6.58 Å². The van der Waals surface area contributed by atoms with Crippen molar-refractivity contribution in [3.63, 3.8) is 0 Å². The minimum atomic E-state index is -0.340. The van der Waals surface area contributed by atoms with Crippen molar-refractivity contribution >= 4 is 28.6 Å². The Labute approximate surface area is 146 Å². The maximum Gasteiger partial charge on any atom is 0.262 e. The van der Waals surface area contributed by atoms with Crippen molar-refractivity contribution in [2.75, 3.05) is 6.54 Å². The summed E-state index contributed by atoms with van der Waals surface area (Å²) in [5.41, 5.74) is 0.526. The first-order chi connectivity index (χ1) is 11.4. The maximum atomic E-state index is 12.7. The highest BCUT2D eigenvalue weighted by atomic mass is 32.2. The summed E-state index contributed by atoms with van der Waals surface area (Å²) in [6.07, 6.45) is 1.66. The molecule has 0 fully saturated rings. The molecule has 0 bridgehead atoms. The van der Waals surface area contributed by atoms with Crippen molar-refractivity contribution in [1.29, 1.82) is 0 Å². The monoisotopic (exact) mass is 345 g/mol. The fraction of sp³-hybridized carbons (Fsp3) is 0.389. The normalized spacial score (nSPS) is 12.3. The van der Waals surface area contributed by atoms with Gasteiger partial charge in [-0.2, -0.15) is 0 Å². The fourth-order valence-electron chi connectivity index (χ4n) is 2.19. The Balaban J connectivity index is 2.33. The van der Waals surface area contributed by atoms with Gasteiger partial charge in [-0.25, -0.2) is 4.98 Å². The van der Waals surface area contributed by atoms with Crippen molar-refractivity contribution in [3.05, 3.63) is 47.3 Å². The Bertz CT molecular complexity index is 798. The van der Waals surface area contributed by atoms with Gasteiger partial charge in [0.25, 0.3) is 5.56 Å². The molecule has 1 atom stereocenters. The summed E-state index contributed by atoms with van der Waals surface area (Å²) in [4.78, 5) is 29.4. The molecule has 1 amide bonds. The third kappa shape index (κ3) is 4.26. The quantitative estimate of drug-likeness (QED) is 0.476. The highest BCUT2D eigenvalue weighted by Gasteiger charge is 2.19. The van der Waals surface area contributed by atoms with Gasteiger partial charge in [0.1, 0.15) is 0 Å². The molecular formula is C18H23N3O2S. The van der Waals surface area contributed by atoms with Crippen molar-refractivity contribution in [3.8, 4) is 0 Å². The summed E-state index contributed by atoms with van der Waals surface area (Å²) < 4.78 is 1.56. The predicted octanol–water partition coefficient (Wildman–Crippen LogP) is 2.84. The zero-order valence-corrected chi connectivity index (χ0v) is 15.1. The molecule has 2 aromatic rings. The van der Waals surface area contributed by atoms with Crippen LogP contribution in [0.1, 0.15) is 20.8 Å². The minimum Gasteiger partial charge on any atom is -0.355 e. The molecule has 5 nitrogen and oxygen atoms in total. The van der Waals surface area contributed by atoms with Crippen LogP contribution in [0.3, 0.4) is 0 Å². The molecule has 6 heteroatoms. The number of carbonyl (C=O) groups is 1. The zero-order chi connectivity index (χ0) is 17.7. The summed E-state index contributed by atoms with van der Waals surface area (Å²) in [6.45, 7) is 10.6. The molecule has 1 N–H and O–H groups in total. The van der Waals surface area contributed by atoms with E-state index in [2.05, 4.69) is 16.9 Å². The Morgan fingerprint density at radius 3 is 2.75 bits per heavy atom. The summed E-state index contributed by atoms with van der Waals surface area (Å²) in [6, 6.07) is 7.23. The van der Waals surface area contributed by atoms with Crippen LogP contribution in [0.25, 0.3) is 10.9 Å². The molecule has 1 heterocycles. The van der Waals surface area contributed by atoms with E-state index in [-0.39, 0.29) is 16.7 Å². The molecule has 0 radical (unpaired) electrons. The van der Waals surface area contributed by atoms with Gasteiger partial charge in [0.2, 0.25) is 5.91 Å². The highest BCUT2D eigenvalue weighted by molar-refractivity contribution is 8.00. The van der Waals surface area contributed by atoms with E-state index in [0.717, 1.165) is 0 Å². The fourth-order valence-corrected chi connectivity index (χ4v) is 3.13. The topological polar surface area (TPSA) is 64.0 Å². The van der Waals surface area contributed by atoms with E-state index in [4.69, 9.17) is 0 Å². The Morgan fingerprint density at radius 1 is 1.38 bits per heavy atom. The van der Waals surface area contributed by atoms with E-state index >= 15 is 0 Å². The van der Waals surface area contributed by atoms with E-state index in [1.807, 2.05) is 39.0 Å². The van der Waals surface area contributed by atoms with Crippen LogP contribution in [0, 0.1) is 5.92 Å².